The van der Waals surface area contributed by atoms with Crippen molar-refractivity contribution in [3.8, 4) is 0 Å². The van der Waals surface area contributed by atoms with Crippen LogP contribution in [0.25, 0.3) is 5.57 Å². The van der Waals surface area contributed by atoms with Crippen LogP contribution in [0.2, 0.25) is 0 Å². The average molecular weight is 421 g/mol. The predicted molar refractivity (Wildman–Crippen MR) is 118 cm³/mol. The first-order chi connectivity index (χ1) is 15.0. The van der Waals surface area contributed by atoms with Gasteiger partial charge < -0.3 is 9.47 Å². The third kappa shape index (κ3) is 4.46. The Morgan fingerprint density at radius 3 is 1.87 bits per heavy atom. The molecule has 1 atom stereocenters. The summed E-state index contributed by atoms with van der Waals surface area (Å²) in [6.07, 6.45) is 1.31. The van der Waals surface area contributed by atoms with Crippen LogP contribution in [0.15, 0.2) is 66.2 Å². The van der Waals surface area contributed by atoms with Crippen LogP contribution >= 0.6 is 0 Å². The number of ketones is 1. The van der Waals surface area contributed by atoms with Crippen molar-refractivity contribution in [2.24, 2.45) is 11.3 Å². The third-order valence-electron chi connectivity index (χ3n) is 6.12. The zero-order chi connectivity index (χ0) is 22.4. The zero-order valence-electron chi connectivity index (χ0n) is 18.2. The quantitative estimate of drug-likeness (QED) is 0.363. The zero-order valence-corrected chi connectivity index (χ0v) is 18.2. The molecule has 5 nitrogen and oxygen atoms in total. The molecule has 0 aliphatic heterocycles. The summed E-state index contributed by atoms with van der Waals surface area (Å²) in [4.78, 5) is 38.6. The van der Waals surface area contributed by atoms with Gasteiger partial charge in [0.2, 0.25) is 0 Å². The highest BCUT2D eigenvalue weighted by atomic mass is 16.5. The molecule has 31 heavy (non-hydrogen) atoms. The Kier molecular flexibility index (Phi) is 7.06. The first kappa shape index (κ1) is 22.5. The van der Waals surface area contributed by atoms with Crippen LogP contribution in [-0.2, 0) is 19.1 Å². The van der Waals surface area contributed by atoms with Gasteiger partial charge in [0.25, 0.3) is 0 Å². The van der Waals surface area contributed by atoms with Crippen LogP contribution in [0.5, 0.6) is 0 Å². The molecule has 0 amide bonds. The van der Waals surface area contributed by atoms with Gasteiger partial charge in [-0.2, -0.15) is 0 Å². The summed E-state index contributed by atoms with van der Waals surface area (Å²) in [5.74, 6) is -1.51. The minimum absolute atomic E-state index is 0.0165. The molecule has 0 N–H and O–H groups in total. The van der Waals surface area contributed by atoms with Crippen LogP contribution in [0.1, 0.15) is 48.5 Å². The molecular weight excluding hydrogens is 392 g/mol. The maximum atomic E-state index is 13.0. The summed E-state index contributed by atoms with van der Waals surface area (Å²) in [5, 5.41) is 0. The Morgan fingerprint density at radius 1 is 0.871 bits per heavy atom. The predicted octanol–water partition coefficient (Wildman–Crippen LogP) is 4.87. The molecule has 0 radical (unpaired) electrons. The lowest BCUT2D eigenvalue weighted by Gasteiger charge is -2.22. The summed E-state index contributed by atoms with van der Waals surface area (Å²) >= 11 is 0. The Balaban J connectivity index is 2.09. The highest BCUT2D eigenvalue weighted by Crippen LogP contribution is 2.51. The maximum Gasteiger partial charge on any atom is 0.323 e. The molecule has 5 heteroatoms. The lowest BCUT2D eigenvalue weighted by molar-refractivity contribution is -0.168. The van der Waals surface area contributed by atoms with E-state index in [0.717, 1.165) is 16.7 Å². The number of hydrogen-bond donors (Lipinski definition) is 0. The van der Waals surface area contributed by atoms with E-state index in [2.05, 4.69) is 0 Å². The number of allylic oxidation sites excluding steroid dienone is 2. The van der Waals surface area contributed by atoms with Crippen molar-refractivity contribution in [2.75, 3.05) is 14.2 Å². The highest BCUT2D eigenvalue weighted by Gasteiger charge is 2.56. The van der Waals surface area contributed by atoms with E-state index >= 15 is 0 Å². The number of rotatable bonds is 7. The minimum Gasteiger partial charge on any atom is -0.468 e. The van der Waals surface area contributed by atoms with Crippen LogP contribution < -0.4 is 0 Å². The smallest absolute Gasteiger partial charge is 0.323 e. The van der Waals surface area contributed by atoms with Crippen LogP contribution in [-0.4, -0.2) is 31.9 Å². The van der Waals surface area contributed by atoms with Crippen molar-refractivity contribution < 1.29 is 23.9 Å². The van der Waals surface area contributed by atoms with Gasteiger partial charge in [-0.1, -0.05) is 73.2 Å². The Labute approximate surface area is 183 Å². The fraction of sp³-hybridized carbons (Fsp3) is 0.346. The van der Waals surface area contributed by atoms with Crippen LogP contribution in [0, 0.1) is 11.3 Å². The monoisotopic (exact) mass is 420 g/mol. The molecule has 2 aromatic carbocycles. The van der Waals surface area contributed by atoms with Crippen molar-refractivity contribution in [2.45, 2.75) is 32.6 Å². The fourth-order valence-electron chi connectivity index (χ4n) is 4.64. The molecule has 1 fully saturated rings. The minimum atomic E-state index is -1.43. The lowest BCUT2D eigenvalue weighted by Crippen LogP contribution is -2.39. The fourth-order valence-corrected chi connectivity index (χ4v) is 4.64. The number of benzene rings is 2. The summed E-state index contributed by atoms with van der Waals surface area (Å²) in [6, 6.07) is 19.0. The van der Waals surface area contributed by atoms with Crippen molar-refractivity contribution in [1.82, 2.24) is 0 Å². The summed E-state index contributed by atoms with van der Waals surface area (Å²) in [5.41, 5.74) is 2.22. The van der Waals surface area contributed by atoms with Crippen molar-refractivity contribution >= 4 is 23.3 Å². The van der Waals surface area contributed by atoms with Crippen LogP contribution in [0.4, 0.5) is 0 Å². The number of hydrogen-bond acceptors (Lipinski definition) is 5. The van der Waals surface area contributed by atoms with Gasteiger partial charge in [-0.3, -0.25) is 14.4 Å². The van der Waals surface area contributed by atoms with Crippen LogP contribution in [0.3, 0.4) is 0 Å². The molecule has 1 aliphatic carbocycles. The van der Waals surface area contributed by atoms with Gasteiger partial charge in [0.1, 0.15) is 0 Å². The molecule has 3 rings (SSSR count). The van der Waals surface area contributed by atoms with E-state index in [9.17, 15) is 14.4 Å². The molecular formula is C26H28O5. The Morgan fingerprint density at radius 2 is 1.39 bits per heavy atom. The van der Waals surface area contributed by atoms with Gasteiger partial charge in [0.05, 0.1) is 14.2 Å². The largest absolute Gasteiger partial charge is 0.468 e. The molecule has 162 valence electrons. The molecule has 1 aliphatic rings. The molecule has 0 spiro atoms. The second kappa shape index (κ2) is 9.73. The SMILES string of the molecule is CC/C(=C1\CC(C(=O)OC)(C(=O)OC)CC1CC(=O)c1ccccc1)c1ccccc1. The molecule has 0 heterocycles. The average Bonchev–Trinajstić information content (AvgIpc) is 3.19. The first-order valence-corrected chi connectivity index (χ1v) is 10.5. The van der Waals surface area contributed by atoms with E-state index in [-0.39, 0.29) is 31.0 Å². The number of ether oxygens (including phenoxy) is 2. The summed E-state index contributed by atoms with van der Waals surface area (Å²) < 4.78 is 10.0. The maximum absolute atomic E-state index is 13.0. The Bertz CT molecular complexity index is 959. The van der Waals surface area contributed by atoms with E-state index in [0.29, 0.717) is 12.0 Å². The molecule has 0 aromatic heterocycles. The standard InChI is InChI=1S/C26H28O5/c1-4-21(18-11-7-5-8-12-18)22-17-26(24(28)30-2,25(29)31-3)16-20(22)15-23(27)19-13-9-6-10-14-19/h5-14,20H,4,15-17H2,1-3H3/b22-21-. The number of carbonyl (C=O) groups is 3. The number of Topliss-reactive ketones (excluding diaryl/α,β-unsaturated/α-hetero) is 1. The lowest BCUT2D eigenvalue weighted by atomic mass is 9.84. The van der Waals surface area contributed by atoms with E-state index in [1.165, 1.54) is 14.2 Å². The normalized spacial score (nSPS) is 18.9. The van der Waals surface area contributed by atoms with Gasteiger partial charge in [0.15, 0.2) is 11.2 Å². The second-order valence-electron chi connectivity index (χ2n) is 7.86. The Hall–Kier alpha value is -3.21. The van der Waals surface area contributed by atoms with E-state index in [4.69, 9.17) is 9.47 Å². The summed E-state index contributed by atoms with van der Waals surface area (Å²) in [7, 11) is 2.55. The number of methoxy groups -OCH3 is 2. The van der Waals surface area contributed by atoms with Crippen molar-refractivity contribution in [3.05, 3.63) is 77.4 Å². The second-order valence-corrected chi connectivity index (χ2v) is 7.86. The van der Waals surface area contributed by atoms with E-state index < -0.39 is 17.4 Å². The highest BCUT2D eigenvalue weighted by molar-refractivity contribution is 6.02. The van der Waals surface area contributed by atoms with Crippen molar-refractivity contribution in [3.63, 3.8) is 0 Å². The van der Waals surface area contributed by atoms with Crippen molar-refractivity contribution in [1.29, 1.82) is 0 Å². The number of carbonyl (C=O) groups excluding carboxylic acids is 3. The van der Waals surface area contributed by atoms with Gasteiger partial charge in [-0.15, -0.1) is 0 Å². The van der Waals surface area contributed by atoms with Gasteiger partial charge in [-0.25, -0.2) is 0 Å². The van der Waals surface area contributed by atoms with E-state index in [1.54, 1.807) is 12.1 Å². The van der Waals surface area contributed by atoms with Gasteiger partial charge in [0, 0.05) is 12.0 Å². The van der Waals surface area contributed by atoms with Gasteiger partial charge >= 0.3 is 11.9 Å². The molecule has 0 saturated heterocycles. The first-order valence-electron chi connectivity index (χ1n) is 10.5. The molecule has 1 unspecified atom stereocenters. The molecule has 1 saturated carbocycles. The van der Waals surface area contributed by atoms with Gasteiger partial charge in [-0.05, 0) is 36.3 Å². The molecule has 2 aromatic rings. The summed E-state index contributed by atoms with van der Waals surface area (Å²) in [6.45, 7) is 2.04. The third-order valence-corrected chi connectivity index (χ3v) is 6.12. The van der Waals surface area contributed by atoms with E-state index in [1.807, 2.05) is 55.5 Å². The topological polar surface area (TPSA) is 69.7 Å². The number of esters is 2. The molecule has 0 bridgehead atoms.